The van der Waals surface area contributed by atoms with E-state index in [1.807, 2.05) is 0 Å². The van der Waals surface area contributed by atoms with E-state index >= 15 is 0 Å². The molecule has 0 unspecified atom stereocenters. The lowest BCUT2D eigenvalue weighted by Gasteiger charge is -2.38. The Balaban J connectivity index is 1.90. The van der Waals surface area contributed by atoms with Crippen molar-refractivity contribution in [2.45, 2.75) is 31.4 Å². The van der Waals surface area contributed by atoms with Crippen molar-refractivity contribution in [1.29, 1.82) is 0 Å². The van der Waals surface area contributed by atoms with Gasteiger partial charge in [-0.05, 0) is 25.3 Å². The highest BCUT2D eigenvalue weighted by Gasteiger charge is 2.37. The minimum absolute atomic E-state index is 0.280. The van der Waals surface area contributed by atoms with Crippen molar-refractivity contribution in [3.05, 3.63) is 22.8 Å². The molecule has 19 heavy (non-hydrogen) atoms. The summed E-state index contributed by atoms with van der Waals surface area (Å²) in [5.41, 5.74) is 5.56. The van der Waals surface area contributed by atoms with E-state index in [1.165, 1.54) is 12.6 Å². The number of carbonyl (C=O) groups excluding carboxylic acids is 1. The maximum atomic E-state index is 11.1. The fourth-order valence-corrected chi connectivity index (χ4v) is 3.24. The monoisotopic (exact) mass is 281 g/mol. The minimum atomic E-state index is -0.512. The lowest BCUT2D eigenvalue weighted by molar-refractivity contribution is 0.0253. The summed E-state index contributed by atoms with van der Waals surface area (Å²) >= 11 is 6.24. The number of ether oxygens (including phenoxy) is 1. The van der Waals surface area contributed by atoms with Crippen LogP contribution in [0.5, 0.6) is 0 Å². The van der Waals surface area contributed by atoms with E-state index in [2.05, 4.69) is 9.88 Å². The number of nitrogens with two attached hydrogens (primary N) is 1. The lowest BCUT2D eigenvalue weighted by atomic mass is 10.1. The zero-order valence-electron chi connectivity index (χ0n) is 10.5. The van der Waals surface area contributed by atoms with Gasteiger partial charge < -0.3 is 15.4 Å². The van der Waals surface area contributed by atoms with E-state index in [4.69, 9.17) is 22.1 Å². The molecule has 2 aliphatic rings. The molecule has 5 nitrogen and oxygen atoms in total. The fourth-order valence-electron chi connectivity index (χ4n) is 2.97. The molecule has 0 spiro atoms. The molecular weight excluding hydrogens is 266 g/mol. The summed E-state index contributed by atoms with van der Waals surface area (Å²) in [6.07, 6.45) is 5.13. The van der Waals surface area contributed by atoms with Gasteiger partial charge in [0.2, 0.25) is 5.91 Å². The molecule has 2 heterocycles. The summed E-state index contributed by atoms with van der Waals surface area (Å²) < 4.78 is 5.77. The Hall–Kier alpha value is -1.33. The smallest absolute Gasteiger partial charge is 0.250 e. The van der Waals surface area contributed by atoms with Crippen molar-refractivity contribution < 1.29 is 9.53 Å². The van der Waals surface area contributed by atoms with Crippen molar-refractivity contribution in [3.8, 4) is 0 Å². The molecule has 1 aromatic heterocycles. The van der Waals surface area contributed by atoms with Crippen molar-refractivity contribution in [1.82, 2.24) is 4.98 Å². The predicted octanol–water partition coefficient (Wildman–Crippen LogP) is 1.59. The lowest BCUT2D eigenvalue weighted by Crippen LogP contribution is -2.49. The van der Waals surface area contributed by atoms with Crippen molar-refractivity contribution in [2.24, 2.45) is 5.73 Å². The summed E-state index contributed by atoms with van der Waals surface area (Å²) in [6, 6.07) is 1.93. The van der Waals surface area contributed by atoms with Gasteiger partial charge in [0.1, 0.15) is 5.82 Å². The maximum Gasteiger partial charge on any atom is 0.250 e. The number of nitrogens with zero attached hydrogens (tertiary/aromatic N) is 2. The van der Waals surface area contributed by atoms with Gasteiger partial charge in [0.15, 0.2) is 0 Å². The van der Waals surface area contributed by atoms with E-state index in [1.54, 1.807) is 6.07 Å². The Morgan fingerprint density at radius 3 is 3.11 bits per heavy atom. The number of amides is 1. The molecule has 1 aliphatic heterocycles. The maximum absolute atomic E-state index is 11.1. The predicted molar refractivity (Wildman–Crippen MR) is 72.5 cm³/mol. The van der Waals surface area contributed by atoms with E-state index < -0.39 is 5.91 Å². The second kappa shape index (κ2) is 4.98. The van der Waals surface area contributed by atoms with Crippen LogP contribution in [0, 0.1) is 0 Å². The molecule has 2 N–H and O–H groups in total. The normalized spacial score (nSPS) is 26.3. The van der Waals surface area contributed by atoms with Crippen LogP contribution in [0.4, 0.5) is 5.82 Å². The van der Waals surface area contributed by atoms with Gasteiger partial charge in [-0.2, -0.15) is 0 Å². The molecule has 1 aromatic rings. The number of carbonyl (C=O) groups is 1. The minimum Gasteiger partial charge on any atom is -0.374 e. The summed E-state index contributed by atoms with van der Waals surface area (Å²) in [4.78, 5) is 17.6. The number of primary amides is 1. The molecule has 1 saturated heterocycles. The van der Waals surface area contributed by atoms with E-state index in [0.717, 1.165) is 25.2 Å². The molecular formula is C13H16ClN3O2. The standard InChI is InChI=1S/C13H16ClN3O2/c14-9-6-8(12(15)18)7-16-13(9)17-4-5-19-11-3-1-2-10(11)17/h6-7,10-11H,1-5H2,(H2,15,18)/t10-,11+/m1/s1. The molecule has 102 valence electrons. The first-order valence-corrected chi connectivity index (χ1v) is 6.88. The molecule has 0 aromatic carbocycles. The zero-order valence-corrected chi connectivity index (χ0v) is 11.3. The Labute approximate surface area is 116 Å². The van der Waals surface area contributed by atoms with Crippen LogP contribution in [0.25, 0.3) is 0 Å². The van der Waals surface area contributed by atoms with Gasteiger partial charge in [0.05, 0.1) is 29.3 Å². The highest BCUT2D eigenvalue weighted by Crippen LogP contribution is 2.35. The topological polar surface area (TPSA) is 68.5 Å². The first kappa shape index (κ1) is 12.7. The Morgan fingerprint density at radius 1 is 1.53 bits per heavy atom. The molecule has 1 saturated carbocycles. The number of hydrogen-bond donors (Lipinski definition) is 1. The third-order valence-electron chi connectivity index (χ3n) is 3.86. The van der Waals surface area contributed by atoms with E-state index in [9.17, 15) is 4.79 Å². The first-order valence-electron chi connectivity index (χ1n) is 6.50. The average Bonchev–Trinajstić information content (AvgIpc) is 2.86. The number of morpholine rings is 1. The molecule has 2 atom stereocenters. The Kier molecular flexibility index (Phi) is 3.33. The number of rotatable bonds is 2. The molecule has 3 rings (SSSR count). The molecule has 2 fully saturated rings. The number of fused-ring (bicyclic) bond motifs is 1. The molecule has 0 radical (unpaired) electrons. The second-order valence-electron chi connectivity index (χ2n) is 4.99. The summed E-state index contributed by atoms with van der Waals surface area (Å²) in [5, 5.41) is 0.476. The summed E-state index contributed by atoms with van der Waals surface area (Å²) in [5.74, 6) is 0.216. The third kappa shape index (κ3) is 2.28. The zero-order chi connectivity index (χ0) is 13.4. The van der Waals surface area contributed by atoms with Gasteiger partial charge in [-0.3, -0.25) is 4.79 Å². The van der Waals surface area contributed by atoms with Gasteiger partial charge in [-0.15, -0.1) is 0 Å². The molecule has 0 bridgehead atoms. The van der Waals surface area contributed by atoms with Crippen LogP contribution in [-0.4, -0.2) is 36.2 Å². The van der Waals surface area contributed by atoms with Gasteiger partial charge in [0, 0.05) is 12.7 Å². The summed E-state index contributed by atoms with van der Waals surface area (Å²) in [7, 11) is 0. The van der Waals surface area contributed by atoms with Gasteiger partial charge in [-0.25, -0.2) is 4.98 Å². The van der Waals surface area contributed by atoms with E-state index in [0.29, 0.717) is 23.2 Å². The van der Waals surface area contributed by atoms with Crippen LogP contribution in [0.2, 0.25) is 5.02 Å². The van der Waals surface area contributed by atoms with E-state index in [-0.39, 0.29) is 6.10 Å². The van der Waals surface area contributed by atoms with Crippen LogP contribution < -0.4 is 10.6 Å². The van der Waals surface area contributed by atoms with Crippen LogP contribution >= 0.6 is 11.6 Å². The molecule has 1 aliphatic carbocycles. The highest BCUT2D eigenvalue weighted by atomic mass is 35.5. The average molecular weight is 282 g/mol. The number of hydrogen-bond acceptors (Lipinski definition) is 4. The van der Waals surface area contributed by atoms with Crippen LogP contribution in [0.1, 0.15) is 29.6 Å². The second-order valence-corrected chi connectivity index (χ2v) is 5.40. The molecule has 1 amide bonds. The largest absolute Gasteiger partial charge is 0.374 e. The number of aromatic nitrogens is 1. The summed E-state index contributed by atoms with van der Waals surface area (Å²) in [6.45, 7) is 1.47. The van der Waals surface area contributed by atoms with Gasteiger partial charge >= 0.3 is 0 Å². The van der Waals surface area contributed by atoms with Crippen molar-refractivity contribution in [2.75, 3.05) is 18.1 Å². The molecule has 6 heteroatoms. The van der Waals surface area contributed by atoms with Crippen LogP contribution in [-0.2, 0) is 4.74 Å². The van der Waals surface area contributed by atoms with Crippen molar-refractivity contribution in [3.63, 3.8) is 0 Å². The van der Waals surface area contributed by atoms with Crippen molar-refractivity contribution >= 4 is 23.3 Å². The third-order valence-corrected chi connectivity index (χ3v) is 4.14. The van der Waals surface area contributed by atoms with Crippen LogP contribution in [0.3, 0.4) is 0 Å². The number of anilines is 1. The van der Waals surface area contributed by atoms with Crippen LogP contribution in [0.15, 0.2) is 12.3 Å². The van der Waals surface area contributed by atoms with Gasteiger partial charge in [0.25, 0.3) is 0 Å². The fraction of sp³-hybridized carbons (Fsp3) is 0.538. The SMILES string of the molecule is NC(=O)c1cnc(N2CCO[C@H]3CCC[C@H]32)c(Cl)c1. The first-order chi connectivity index (χ1) is 9.16. The number of pyridine rings is 1. The quantitative estimate of drug-likeness (QED) is 0.894. The Morgan fingerprint density at radius 2 is 2.37 bits per heavy atom. The highest BCUT2D eigenvalue weighted by molar-refractivity contribution is 6.33. The van der Waals surface area contributed by atoms with Gasteiger partial charge in [-0.1, -0.05) is 11.6 Å². The Bertz CT molecular complexity index is 509. The number of halogens is 1.